The number of benzene rings is 2. The highest BCUT2D eigenvalue weighted by Crippen LogP contribution is 2.24. The lowest BCUT2D eigenvalue weighted by atomic mass is 10.1. The smallest absolute Gasteiger partial charge is 0.282 e. The predicted octanol–water partition coefficient (Wildman–Crippen LogP) is 3.22. The van der Waals surface area contributed by atoms with Crippen molar-refractivity contribution in [2.24, 2.45) is 0 Å². The zero-order valence-corrected chi connectivity index (χ0v) is 14.2. The maximum atomic E-state index is 12.4. The Labute approximate surface area is 146 Å². The minimum atomic E-state index is -0.572. The summed E-state index contributed by atoms with van der Waals surface area (Å²) in [5, 5.41) is 17.1. The Morgan fingerprint density at radius 3 is 2.60 bits per heavy atom. The second kappa shape index (κ2) is 8.68. The number of nitro groups is 1. The van der Waals surface area contributed by atoms with Gasteiger partial charge in [-0.15, -0.1) is 0 Å². The molecule has 0 heterocycles. The van der Waals surface area contributed by atoms with Crippen LogP contribution in [-0.2, 0) is 0 Å². The summed E-state index contributed by atoms with van der Waals surface area (Å²) < 4.78 is 5.33. The van der Waals surface area contributed by atoms with E-state index in [1.807, 2.05) is 37.3 Å². The molecule has 0 fully saturated rings. The van der Waals surface area contributed by atoms with E-state index in [0.29, 0.717) is 18.9 Å². The number of nitrogens with zero attached hydrogens (tertiary/aromatic N) is 1. The van der Waals surface area contributed by atoms with Crippen LogP contribution in [0, 0.1) is 10.1 Å². The molecule has 2 aromatic carbocycles. The first-order valence-electron chi connectivity index (χ1n) is 8.02. The molecule has 0 bridgehead atoms. The number of para-hydroxylation sites is 1. The molecule has 2 rings (SSSR count). The number of hydrogen-bond donors (Lipinski definition) is 2. The number of nitrogens with one attached hydrogen (secondary N) is 2. The maximum Gasteiger partial charge on any atom is 0.282 e. The van der Waals surface area contributed by atoms with Crippen LogP contribution >= 0.6 is 0 Å². The van der Waals surface area contributed by atoms with E-state index in [-0.39, 0.29) is 17.3 Å². The number of rotatable bonds is 8. The molecule has 0 aliphatic carbocycles. The van der Waals surface area contributed by atoms with Crippen molar-refractivity contribution in [3.63, 3.8) is 0 Å². The van der Waals surface area contributed by atoms with Gasteiger partial charge in [0.15, 0.2) is 0 Å². The molecule has 1 atom stereocenters. The van der Waals surface area contributed by atoms with E-state index in [2.05, 4.69) is 10.6 Å². The number of amides is 1. The molecule has 0 aliphatic heterocycles. The van der Waals surface area contributed by atoms with Crippen LogP contribution in [0.1, 0.15) is 24.2 Å². The summed E-state index contributed by atoms with van der Waals surface area (Å²) >= 11 is 0. The third-order valence-electron chi connectivity index (χ3n) is 3.48. The number of carbonyl (C=O) groups excluding carboxylic acids is 1. The third kappa shape index (κ3) is 5.20. The van der Waals surface area contributed by atoms with Crippen LogP contribution in [0.4, 0.5) is 11.4 Å². The van der Waals surface area contributed by atoms with Crippen LogP contribution in [0.5, 0.6) is 5.75 Å². The van der Waals surface area contributed by atoms with Crippen molar-refractivity contribution in [1.82, 2.24) is 5.32 Å². The number of nitro benzene ring substituents is 1. The van der Waals surface area contributed by atoms with Gasteiger partial charge in [-0.25, -0.2) is 0 Å². The van der Waals surface area contributed by atoms with Crippen molar-refractivity contribution in [2.45, 2.75) is 19.9 Å². The highest BCUT2D eigenvalue weighted by Gasteiger charge is 2.22. The number of carbonyl (C=O) groups is 1. The van der Waals surface area contributed by atoms with Crippen LogP contribution in [-0.4, -0.2) is 30.0 Å². The Hall–Kier alpha value is -3.09. The summed E-state index contributed by atoms with van der Waals surface area (Å²) in [5.74, 6) is -0.0797. The Balaban J connectivity index is 2.05. The number of anilines is 1. The summed E-state index contributed by atoms with van der Waals surface area (Å²) in [7, 11) is 0. The van der Waals surface area contributed by atoms with Crippen molar-refractivity contribution < 1.29 is 14.5 Å². The summed E-state index contributed by atoms with van der Waals surface area (Å²) in [6.07, 6.45) is 0. The average Bonchev–Trinajstić information content (AvgIpc) is 2.61. The lowest BCUT2D eigenvalue weighted by Gasteiger charge is -2.16. The highest BCUT2D eigenvalue weighted by atomic mass is 16.6. The van der Waals surface area contributed by atoms with Gasteiger partial charge in [-0.05, 0) is 38.1 Å². The minimum Gasteiger partial charge on any atom is -0.494 e. The molecule has 0 radical (unpaired) electrons. The Kier molecular flexibility index (Phi) is 6.33. The third-order valence-corrected chi connectivity index (χ3v) is 3.48. The summed E-state index contributed by atoms with van der Waals surface area (Å²) in [4.78, 5) is 23.0. The van der Waals surface area contributed by atoms with E-state index in [0.717, 1.165) is 5.69 Å². The Morgan fingerprint density at radius 2 is 1.96 bits per heavy atom. The largest absolute Gasteiger partial charge is 0.494 e. The van der Waals surface area contributed by atoms with Crippen LogP contribution < -0.4 is 15.4 Å². The second-order valence-electron chi connectivity index (χ2n) is 5.49. The summed E-state index contributed by atoms with van der Waals surface area (Å²) in [5.41, 5.74) is 0.680. The van der Waals surface area contributed by atoms with E-state index in [1.54, 1.807) is 6.92 Å². The molecule has 2 aromatic rings. The van der Waals surface area contributed by atoms with Crippen LogP contribution in [0.2, 0.25) is 0 Å². The fourth-order valence-corrected chi connectivity index (χ4v) is 2.29. The van der Waals surface area contributed by atoms with E-state index < -0.39 is 10.8 Å². The first kappa shape index (κ1) is 18.3. The Morgan fingerprint density at radius 1 is 1.24 bits per heavy atom. The van der Waals surface area contributed by atoms with Gasteiger partial charge in [0.05, 0.1) is 11.5 Å². The van der Waals surface area contributed by atoms with Crippen molar-refractivity contribution in [3.8, 4) is 5.75 Å². The normalized spacial score (nSPS) is 11.4. The molecule has 7 heteroatoms. The lowest BCUT2D eigenvalue weighted by molar-refractivity contribution is -0.385. The van der Waals surface area contributed by atoms with Gasteiger partial charge in [0, 0.05) is 24.3 Å². The van der Waals surface area contributed by atoms with Crippen LogP contribution in [0.3, 0.4) is 0 Å². The van der Waals surface area contributed by atoms with Gasteiger partial charge >= 0.3 is 0 Å². The highest BCUT2D eigenvalue weighted by molar-refractivity contribution is 5.98. The maximum absolute atomic E-state index is 12.4. The van der Waals surface area contributed by atoms with Gasteiger partial charge < -0.3 is 15.4 Å². The molecular weight excluding hydrogens is 322 g/mol. The first-order chi connectivity index (χ1) is 12.0. The van der Waals surface area contributed by atoms with Crippen molar-refractivity contribution in [1.29, 1.82) is 0 Å². The van der Waals surface area contributed by atoms with E-state index >= 15 is 0 Å². The molecule has 7 nitrogen and oxygen atoms in total. The summed E-state index contributed by atoms with van der Waals surface area (Å²) in [6.45, 7) is 4.54. The van der Waals surface area contributed by atoms with E-state index in [9.17, 15) is 14.9 Å². The quantitative estimate of drug-likeness (QED) is 0.567. The molecule has 0 aromatic heterocycles. The zero-order chi connectivity index (χ0) is 18.2. The lowest BCUT2D eigenvalue weighted by Crippen LogP contribution is -2.37. The minimum absolute atomic E-state index is 0.0116. The van der Waals surface area contributed by atoms with Gasteiger partial charge in [-0.2, -0.15) is 0 Å². The molecule has 0 saturated heterocycles. The molecule has 2 N–H and O–H groups in total. The monoisotopic (exact) mass is 343 g/mol. The average molecular weight is 343 g/mol. The van der Waals surface area contributed by atoms with Crippen molar-refractivity contribution in [2.75, 3.05) is 18.5 Å². The zero-order valence-electron chi connectivity index (χ0n) is 14.2. The van der Waals surface area contributed by atoms with Crippen molar-refractivity contribution in [3.05, 3.63) is 64.2 Å². The molecule has 1 amide bonds. The first-order valence-corrected chi connectivity index (χ1v) is 8.02. The summed E-state index contributed by atoms with van der Waals surface area (Å²) in [6, 6.07) is 13.5. The number of hydrogen-bond acceptors (Lipinski definition) is 5. The molecular formula is C18H21N3O4. The number of ether oxygens (including phenoxy) is 1. The predicted molar refractivity (Wildman–Crippen MR) is 96.1 cm³/mol. The van der Waals surface area contributed by atoms with Crippen LogP contribution in [0.25, 0.3) is 0 Å². The molecule has 132 valence electrons. The molecule has 0 unspecified atom stereocenters. The van der Waals surface area contributed by atoms with E-state index in [1.165, 1.54) is 18.2 Å². The Bertz CT molecular complexity index is 734. The van der Waals surface area contributed by atoms with E-state index in [4.69, 9.17) is 4.74 Å². The van der Waals surface area contributed by atoms with Gasteiger partial charge in [0.1, 0.15) is 11.3 Å². The fourth-order valence-electron chi connectivity index (χ4n) is 2.29. The SMILES string of the molecule is CCOc1ccc([N+](=O)[O-])c(C(=O)N[C@H](C)CNc2ccccc2)c1. The molecule has 25 heavy (non-hydrogen) atoms. The van der Waals surface area contributed by atoms with Crippen LogP contribution in [0.15, 0.2) is 48.5 Å². The van der Waals surface area contributed by atoms with Crippen molar-refractivity contribution >= 4 is 17.3 Å². The second-order valence-corrected chi connectivity index (χ2v) is 5.49. The molecule has 0 spiro atoms. The van der Waals surface area contributed by atoms with Gasteiger partial charge in [0.25, 0.3) is 11.6 Å². The molecule has 0 aliphatic rings. The van der Waals surface area contributed by atoms with Gasteiger partial charge in [-0.3, -0.25) is 14.9 Å². The fraction of sp³-hybridized carbons (Fsp3) is 0.278. The molecule has 0 saturated carbocycles. The topological polar surface area (TPSA) is 93.5 Å². The van der Waals surface area contributed by atoms with Gasteiger partial charge in [0.2, 0.25) is 0 Å². The standard InChI is InChI=1S/C18H21N3O4/c1-3-25-15-9-10-17(21(23)24)16(11-15)18(22)20-13(2)12-19-14-7-5-4-6-8-14/h4-11,13,19H,3,12H2,1-2H3,(H,20,22)/t13-/m1/s1. The van der Waals surface area contributed by atoms with Gasteiger partial charge in [-0.1, -0.05) is 18.2 Å².